The van der Waals surface area contributed by atoms with Crippen molar-refractivity contribution in [3.63, 3.8) is 0 Å². The molecule has 9 nitrogen and oxygen atoms in total. The lowest BCUT2D eigenvalue weighted by atomic mass is 10.1. The Morgan fingerprint density at radius 3 is 1.61 bits per heavy atom. The first kappa shape index (κ1) is 53.5. The Morgan fingerprint density at radius 2 is 1.05 bits per heavy atom. The van der Waals surface area contributed by atoms with Gasteiger partial charge in [-0.3, -0.25) is 18.6 Å². The van der Waals surface area contributed by atoms with Gasteiger partial charge in [-0.2, -0.15) is 0 Å². The molecule has 0 spiro atoms. The van der Waals surface area contributed by atoms with Gasteiger partial charge in [0.2, 0.25) is 0 Å². The first-order valence-electron chi connectivity index (χ1n) is 21.7. The summed E-state index contributed by atoms with van der Waals surface area (Å²) in [4.78, 5) is 35.3. The summed E-state index contributed by atoms with van der Waals surface area (Å²) in [6.07, 6.45) is 46.9. The number of esters is 2. The van der Waals surface area contributed by atoms with Crippen molar-refractivity contribution < 1.29 is 42.1 Å². The van der Waals surface area contributed by atoms with Gasteiger partial charge in [0.25, 0.3) is 0 Å². The van der Waals surface area contributed by atoms with Crippen molar-refractivity contribution in [2.45, 2.75) is 161 Å². The second kappa shape index (κ2) is 38.0. The minimum Gasteiger partial charge on any atom is -0.462 e. The molecule has 56 heavy (non-hydrogen) atoms. The summed E-state index contributed by atoms with van der Waals surface area (Å²) >= 11 is 0. The maximum absolute atomic E-state index is 12.7. The van der Waals surface area contributed by atoms with E-state index < -0.39 is 32.5 Å². The Hall–Kier alpha value is -2.55. The summed E-state index contributed by atoms with van der Waals surface area (Å²) in [6, 6.07) is 0. The van der Waals surface area contributed by atoms with Crippen LogP contribution in [-0.4, -0.2) is 74.9 Å². The summed E-state index contributed by atoms with van der Waals surface area (Å²) in [5.74, 6) is -0.929. The van der Waals surface area contributed by atoms with Gasteiger partial charge < -0.3 is 18.9 Å². The van der Waals surface area contributed by atoms with E-state index in [-0.39, 0.29) is 26.1 Å². The van der Waals surface area contributed by atoms with Gasteiger partial charge in [-0.25, -0.2) is 4.57 Å². The Balaban J connectivity index is 4.52. The number of allylic oxidation sites excluding steroid dienone is 12. The summed E-state index contributed by atoms with van der Waals surface area (Å²) in [5.41, 5.74) is 0. The molecule has 0 aliphatic heterocycles. The zero-order valence-corrected chi connectivity index (χ0v) is 37.0. The van der Waals surface area contributed by atoms with E-state index >= 15 is 0 Å². The highest BCUT2D eigenvalue weighted by Crippen LogP contribution is 2.43. The number of nitrogens with zero attached hydrogens (tertiary/aromatic N) is 1. The molecular formula is C46H81NO8P+. The molecule has 0 aromatic carbocycles. The van der Waals surface area contributed by atoms with Crippen LogP contribution in [0.3, 0.4) is 0 Å². The van der Waals surface area contributed by atoms with E-state index in [4.69, 9.17) is 18.5 Å². The van der Waals surface area contributed by atoms with Crippen LogP contribution >= 0.6 is 7.82 Å². The van der Waals surface area contributed by atoms with Gasteiger partial charge in [-0.1, -0.05) is 151 Å². The molecule has 0 saturated carbocycles. The number of likely N-dealkylation sites (N-methyl/N-ethyl adjacent to an activating group) is 1. The van der Waals surface area contributed by atoms with Crippen LogP contribution in [0.15, 0.2) is 72.9 Å². The standard InChI is InChI=1S/C46H80NO8P/c1-6-8-10-12-14-16-18-20-22-23-25-27-29-31-33-35-37-39-46(49)55-44(43-54-56(50,51)53-41-40-47(3,4)5)42-52-45(48)38-36-34-32-30-28-26-24-21-19-17-15-13-11-9-7-2/h8,10,14,16,20,22,25,27,31-34,44H,6-7,9,11-13,15,17-19,21,23-24,26,28-30,35-43H2,1-5H3/p+1/b10-8+,16-14+,22-20+,27-25+,33-31+,34-32+/t44-/m1/s1. The SMILES string of the molecule is CC/C=C/C/C=C/C/C=C/C/C=C/C/C=C/CCCC(=O)O[C@H](COC(=O)CC/C=C/CCCCCCCCCCCCC)COP(=O)(O)OCC[N+](C)(C)C. The number of hydrogen-bond acceptors (Lipinski definition) is 7. The number of phosphoric ester groups is 1. The van der Waals surface area contributed by atoms with Crippen molar-refractivity contribution in [1.82, 2.24) is 0 Å². The van der Waals surface area contributed by atoms with Gasteiger partial charge in [0.1, 0.15) is 19.8 Å². The van der Waals surface area contributed by atoms with Gasteiger partial charge in [-0.15, -0.1) is 0 Å². The number of unbranched alkanes of at least 4 members (excludes halogenated alkanes) is 12. The average molecular weight is 807 g/mol. The zero-order valence-electron chi connectivity index (χ0n) is 36.1. The lowest BCUT2D eigenvalue weighted by Gasteiger charge is -2.24. The van der Waals surface area contributed by atoms with Crippen LogP contribution in [0.25, 0.3) is 0 Å². The number of ether oxygens (including phenoxy) is 2. The largest absolute Gasteiger partial charge is 0.472 e. The zero-order chi connectivity index (χ0) is 41.4. The number of quaternary nitrogens is 1. The maximum Gasteiger partial charge on any atom is 0.472 e. The molecular weight excluding hydrogens is 725 g/mol. The minimum atomic E-state index is -4.40. The molecule has 1 unspecified atom stereocenters. The Labute approximate surface area is 342 Å². The molecule has 0 rings (SSSR count). The Morgan fingerprint density at radius 1 is 0.571 bits per heavy atom. The van der Waals surface area contributed by atoms with Gasteiger partial charge in [0.05, 0.1) is 27.7 Å². The van der Waals surface area contributed by atoms with Crippen molar-refractivity contribution in [3.05, 3.63) is 72.9 Å². The van der Waals surface area contributed by atoms with Gasteiger partial charge >= 0.3 is 19.8 Å². The van der Waals surface area contributed by atoms with Crippen LogP contribution in [-0.2, 0) is 32.7 Å². The van der Waals surface area contributed by atoms with Crippen LogP contribution in [0.4, 0.5) is 0 Å². The van der Waals surface area contributed by atoms with E-state index in [2.05, 4.69) is 74.6 Å². The van der Waals surface area contributed by atoms with Crippen molar-refractivity contribution >= 4 is 19.8 Å². The van der Waals surface area contributed by atoms with E-state index in [0.717, 1.165) is 44.9 Å². The molecule has 0 bridgehead atoms. The molecule has 10 heteroatoms. The van der Waals surface area contributed by atoms with Crippen LogP contribution in [0.5, 0.6) is 0 Å². The number of phosphoric acid groups is 1. The molecule has 0 aromatic rings. The number of carbonyl (C=O) groups is 2. The quantitative estimate of drug-likeness (QED) is 0.0216. The number of hydrogen-bond donors (Lipinski definition) is 1. The van der Waals surface area contributed by atoms with Crippen molar-refractivity contribution in [2.75, 3.05) is 47.5 Å². The highest BCUT2D eigenvalue weighted by atomic mass is 31.2. The first-order valence-corrected chi connectivity index (χ1v) is 23.2. The molecule has 0 aliphatic carbocycles. The fourth-order valence-electron chi connectivity index (χ4n) is 5.36. The third-order valence-corrected chi connectivity index (χ3v) is 9.72. The molecule has 0 fully saturated rings. The van der Waals surface area contributed by atoms with E-state index in [1.54, 1.807) is 0 Å². The van der Waals surface area contributed by atoms with Crippen LogP contribution in [0.1, 0.15) is 155 Å². The molecule has 0 radical (unpaired) electrons. The van der Waals surface area contributed by atoms with Gasteiger partial charge in [0.15, 0.2) is 6.10 Å². The smallest absolute Gasteiger partial charge is 0.462 e. The lowest BCUT2D eigenvalue weighted by molar-refractivity contribution is -0.870. The monoisotopic (exact) mass is 807 g/mol. The van der Waals surface area contributed by atoms with E-state index in [9.17, 15) is 19.0 Å². The first-order chi connectivity index (χ1) is 27.0. The highest BCUT2D eigenvalue weighted by molar-refractivity contribution is 7.47. The van der Waals surface area contributed by atoms with E-state index in [0.29, 0.717) is 30.3 Å². The van der Waals surface area contributed by atoms with Crippen LogP contribution in [0.2, 0.25) is 0 Å². The van der Waals surface area contributed by atoms with Crippen LogP contribution in [0, 0.1) is 0 Å². The molecule has 2 atom stereocenters. The normalized spacial score (nSPS) is 14.3. The minimum absolute atomic E-state index is 0.0132. The molecule has 322 valence electrons. The predicted molar refractivity (Wildman–Crippen MR) is 233 cm³/mol. The summed E-state index contributed by atoms with van der Waals surface area (Å²) in [6.45, 7) is 4.18. The number of rotatable bonds is 38. The third kappa shape index (κ3) is 41.1. The molecule has 0 aliphatic rings. The number of carbonyl (C=O) groups excluding carboxylic acids is 2. The Kier molecular flexibility index (Phi) is 36.3. The molecule has 0 saturated heterocycles. The van der Waals surface area contributed by atoms with Crippen molar-refractivity contribution in [2.24, 2.45) is 0 Å². The molecule has 1 N–H and O–H groups in total. The molecule has 0 aromatic heterocycles. The maximum atomic E-state index is 12.7. The predicted octanol–water partition coefficient (Wildman–Crippen LogP) is 12.2. The lowest BCUT2D eigenvalue weighted by Crippen LogP contribution is -2.37. The second-order valence-electron chi connectivity index (χ2n) is 15.3. The third-order valence-electron chi connectivity index (χ3n) is 8.73. The van der Waals surface area contributed by atoms with Crippen molar-refractivity contribution in [3.8, 4) is 0 Å². The van der Waals surface area contributed by atoms with Gasteiger partial charge in [0, 0.05) is 12.8 Å². The van der Waals surface area contributed by atoms with Crippen LogP contribution < -0.4 is 0 Å². The van der Waals surface area contributed by atoms with E-state index in [1.165, 1.54) is 64.2 Å². The summed E-state index contributed by atoms with van der Waals surface area (Å²) in [7, 11) is 1.41. The molecule has 0 heterocycles. The van der Waals surface area contributed by atoms with Crippen molar-refractivity contribution in [1.29, 1.82) is 0 Å². The fourth-order valence-corrected chi connectivity index (χ4v) is 6.10. The summed E-state index contributed by atoms with van der Waals surface area (Å²) < 4.78 is 34.2. The second-order valence-corrected chi connectivity index (χ2v) is 16.8. The fraction of sp³-hybridized carbons (Fsp3) is 0.696. The Bertz CT molecular complexity index is 1180. The van der Waals surface area contributed by atoms with E-state index in [1.807, 2.05) is 33.3 Å². The topological polar surface area (TPSA) is 108 Å². The van der Waals surface area contributed by atoms with Gasteiger partial charge in [-0.05, 0) is 64.2 Å². The molecule has 0 amide bonds. The average Bonchev–Trinajstić information content (AvgIpc) is 3.15. The summed E-state index contributed by atoms with van der Waals surface area (Å²) in [5, 5.41) is 0. The highest BCUT2D eigenvalue weighted by Gasteiger charge is 2.27.